The normalized spacial score (nSPS) is 15.7. The first-order valence-corrected chi connectivity index (χ1v) is 6.00. The van der Waals surface area contributed by atoms with E-state index in [1.165, 1.54) is 17.7 Å². The highest BCUT2D eigenvalue weighted by Crippen LogP contribution is 2.26. The molecule has 0 fully saturated rings. The summed E-state index contributed by atoms with van der Waals surface area (Å²) >= 11 is 0. The Hall–Kier alpha value is -1.20. The Morgan fingerprint density at radius 3 is 3.06 bits per heavy atom. The molecule has 2 N–H and O–H groups in total. The van der Waals surface area contributed by atoms with Gasteiger partial charge in [0, 0.05) is 38.0 Å². The molecule has 5 heteroatoms. The van der Waals surface area contributed by atoms with Gasteiger partial charge in [-0.1, -0.05) is 0 Å². The second-order valence-corrected chi connectivity index (χ2v) is 4.57. The van der Waals surface area contributed by atoms with E-state index in [1.54, 1.807) is 13.4 Å². The van der Waals surface area contributed by atoms with Crippen LogP contribution in [0.3, 0.4) is 0 Å². The van der Waals surface area contributed by atoms with Crippen LogP contribution in [0.1, 0.15) is 17.7 Å². The van der Waals surface area contributed by atoms with Crippen molar-refractivity contribution in [1.82, 2.24) is 9.97 Å². The van der Waals surface area contributed by atoms with Crippen LogP contribution in [0.4, 0.5) is 5.82 Å². The second-order valence-electron chi connectivity index (χ2n) is 4.57. The van der Waals surface area contributed by atoms with Crippen molar-refractivity contribution in [1.29, 1.82) is 0 Å². The quantitative estimate of drug-likeness (QED) is 0.800. The first kappa shape index (κ1) is 12.3. The van der Waals surface area contributed by atoms with Gasteiger partial charge in [0.15, 0.2) is 0 Å². The van der Waals surface area contributed by atoms with Gasteiger partial charge in [0.05, 0.1) is 6.61 Å². The molecule has 94 valence electrons. The lowest BCUT2D eigenvalue weighted by atomic mass is 10.2. The Labute approximate surface area is 102 Å². The van der Waals surface area contributed by atoms with E-state index in [4.69, 9.17) is 10.5 Å². The maximum atomic E-state index is 5.96. The van der Waals surface area contributed by atoms with Crippen molar-refractivity contribution in [2.24, 2.45) is 5.73 Å². The standard InChI is InChI=1S/C12H20N4O/c1-16(6-9(13)7-17-2)12-10-4-3-5-11(10)14-8-15-12/h8-9H,3-7,13H2,1-2H3. The van der Waals surface area contributed by atoms with Crippen LogP contribution in [0.2, 0.25) is 0 Å². The number of hydrogen-bond acceptors (Lipinski definition) is 5. The van der Waals surface area contributed by atoms with E-state index >= 15 is 0 Å². The molecule has 0 spiro atoms. The molecule has 1 aromatic rings. The molecule has 0 aliphatic heterocycles. The number of rotatable bonds is 5. The van der Waals surface area contributed by atoms with Crippen LogP contribution < -0.4 is 10.6 Å². The third-order valence-electron chi connectivity index (χ3n) is 3.10. The van der Waals surface area contributed by atoms with E-state index in [9.17, 15) is 0 Å². The van der Waals surface area contributed by atoms with Crippen molar-refractivity contribution >= 4 is 5.82 Å². The van der Waals surface area contributed by atoms with Gasteiger partial charge in [-0.05, 0) is 19.3 Å². The molecule has 1 heterocycles. The number of aryl methyl sites for hydroxylation is 1. The van der Waals surface area contributed by atoms with Gasteiger partial charge in [-0.25, -0.2) is 9.97 Å². The Balaban J connectivity index is 2.09. The van der Waals surface area contributed by atoms with E-state index in [2.05, 4.69) is 14.9 Å². The van der Waals surface area contributed by atoms with Crippen LogP contribution in [0.25, 0.3) is 0 Å². The number of nitrogens with zero attached hydrogens (tertiary/aromatic N) is 3. The Morgan fingerprint density at radius 2 is 2.29 bits per heavy atom. The van der Waals surface area contributed by atoms with Crippen molar-refractivity contribution in [3.05, 3.63) is 17.6 Å². The molecule has 0 saturated heterocycles. The van der Waals surface area contributed by atoms with Gasteiger partial charge >= 0.3 is 0 Å². The second kappa shape index (κ2) is 5.42. The molecule has 1 atom stereocenters. The molecule has 1 aromatic heterocycles. The topological polar surface area (TPSA) is 64.3 Å². The molecular formula is C12H20N4O. The smallest absolute Gasteiger partial charge is 0.135 e. The van der Waals surface area contributed by atoms with Crippen molar-refractivity contribution in [3.63, 3.8) is 0 Å². The molecule has 1 unspecified atom stereocenters. The minimum absolute atomic E-state index is 0.0111. The lowest BCUT2D eigenvalue weighted by molar-refractivity contribution is 0.181. The summed E-state index contributed by atoms with van der Waals surface area (Å²) in [7, 11) is 3.69. The van der Waals surface area contributed by atoms with Gasteiger partial charge in [0.2, 0.25) is 0 Å². The van der Waals surface area contributed by atoms with Crippen LogP contribution in [-0.2, 0) is 17.6 Å². The SMILES string of the molecule is COCC(N)CN(C)c1ncnc2c1CCC2. The van der Waals surface area contributed by atoms with Crippen molar-refractivity contribution in [2.75, 3.05) is 32.2 Å². The summed E-state index contributed by atoms with van der Waals surface area (Å²) in [5, 5.41) is 0. The van der Waals surface area contributed by atoms with E-state index in [1.807, 2.05) is 7.05 Å². The fourth-order valence-electron chi connectivity index (χ4n) is 2.38. The molecule has 5 nitrogen and oxygen atoms in total. The number of hydrogen-bond donors (Lipinski definition) is 1. The highest BCUT2D eigenvalue weighted by Gasteiger charge is 2.20. The summed E-state index contributed by atoms with van der Waals surface area (Å²) < 4.78 is 5.05. The zero-order chi connectivity index (χ0) is 12.3. The molecule has 1 aliphatic carbocycles. The van der Waals surface area contributed by atoms with Gasteiger partial charge in [0.1, 0.15) is 12.1 Å². The van der Waals surface area contributed by atoms with Crippen LogP contribution in [0.15, 0.2) is 6.33 Å². The summed E-state index contributed by atoms with van der Waals surface area (Å²) in [6.45, 7) is 1.31. The lowest BCUT2D eigenvalue weighted by Crippen LogP contribution is -2.39. The molecule has 17 heavy (non-hydrogen) atoms. The van der Waals surface area contributed by atoms with Gasteiger partial charge < -0.3 is 15.4 Å². The molecule has 2 rings (SSSR count). The molecule has 0 bridgehead atoms. The van der Waals surface area contributed by atoms with Gasteiger partial charge in [-0.15, -0.1) is 0 Å². The number of nitrogens with two attached hydrogens (primary N) is 1. The monoisotopic (exact) mass is 236 g/mol. The summed E-state index contributed by atoms with van der Waals surface area (Å²) in [6.07, 6.45) is 4.98. The summed E-state index contributed by atoms with van der Waals surface area (Å²) in [4.78, 5) is 10.8. The number of likely N-dealkylation sites (N-methyl/N-ethyl adjacent to an activating group) is 1. The first-order valence-electron chi connectivity index (χ1n) is 6.00. The molecular weight excluding hydrogens is 216 g/mol. The number of fused-ring (bicyclic) bond motifs is 1. The van der Waals surface area contributed by atoms with Crippen LogP contribution in [0.5, 0.6) is 0 Å². The van der Waals surface area contributed by atoms with E-state index in [-0.39, 0.29) is 6.04 Å². The van der Waals surface area contributed by atoms with E-state index in [0.717, 1.165) is 25.2 Å². The predicted molar refractivity (Wildman–Crippen MR) is 67.2 cm³/mol. The third kappa shape index (κ3) is 2.73. The van der Waals surface area contributed by atoms with Gasteiger partial charge in [-0.2, -0.15) is 0 Å². The Kier molecular flexibility index (Phi) is 3.91. The Morgan fingerprint density at radius 1 is 1.47 bits per heavy atom. The lowest BCUT2D eigenvalue weighted by Gasteiger charge is -2.23. The predicted octanol–water partition coefficient (Wildman–Crippen LogP) is 0.375. The van der Waals surface area contributed by atoms with Gasteiger partial charge in [-0.3, -0.25) is 0 Å². The average molecular weight is 236 g/mol. The van der Waals surface area contributed by atoms with E-state index < -0.39 is 0 Å². The van der Waals surface area contributed by atoms with Crippen molar-refractivity contribution in [2.45, 2.75) is 25.3 Å². The summed E-state index contributed by atoms with van der Waals surface area (Å²) in [5.41, 5.74) is 8.45. The molecule has 0 aromatic carbocycles. The maximum absolute atomic E-state index is 5.96. The first-order chi connectivity index (χ1) is 8.22. The fraction of sp³-hybridized carbons (Fsp3) is 0.667. The van der Waals surface area contributed by atoms with Crippen LogP contribution >= 0.6 is 0 Å². The molecule has 0 amide bonds. The van der Waals surface area contributed by atoms with Gasteiger partial charge in [0.25, 0.3) is 0 Å². The van der Waals surface area contributed by atoms with Crippen LogP contribution in [-0.4, -0.2) is 43.3 Å². The summed E-state index contributed by atoms with van der Waals surface area (Å²) in [5.74, 6) is 1.03. The number of ether oxygens (including phenoxy) is 1. The molecule has 1 aliphatic rings. The number of aromatic nitrogens is 2. The summed E-state index contributed by atoms with van der Waals surface area (Å²) in [6, 6.07) is 0.0111. The van der Waals surface area contributed by atoms with E-state index in [0.29, 0.717) is 6.61 Å². The van der Waals surface area contributed by atoms with Crippen molar-refractivity contribution < 1.29 is 4.74 Å². The van der Waals surface area contributed by atoms with Crippen LogP contribution in [0, 0.1) is 0 Å². The minimum Gasteiger partial charge on any atom is -0.383 e. The number of anilines is 1. The maximum Gasteiger partial charge on any atom is 0.135 e. The highest BCUT2D eigenvalue weighted by molar-refractivity contribution is 5.49. The largest absolute Gasteiger partial charge is 0.383 e. The highest BCUT2D eigenvalue weighted by atomic mass is 16.5. The fourth-order valence-corrected chi connectivity index (χ4v) is 2.38. The number of methoxy groups -OCH3 is 1. The zero-order valence-corrected chi connectivity index (χ0v) is 10.5. The van der Waals surface area contributed by atoms with Crippen molar-refractivity contribution in [3.8, 4) is 0 Å². The molecule has 0 radical (unpaired) electrons. The average Bonchev–Trinajstić information content (AvgIpc) is 2.76. The zero-order valence-electron chi connectivity index (χ0n) is 10.5. The third-order valence-corrected chi connectivity index (χ3v) is 3.10. The Bertz CT molecular complexity index is 383. The molecule has 0 saturated carbocycles. The minimum atomic E-state index is 0.0111.